The van der Waals surface area contributed by atoms with E-state index >= 15 is 0 Å². The van der Waals surface area contributed by atoms with E-state index in [0.29, 0.717) is 22.0 Å². The minimum Gasteiger partial charge on any atom is -0.365 e. The largest absolute Gasteiger partial charge is 0.365 e. The molecule has 1 amide bonds. The summed E-state index contributed by atoms with van der Waals surface area (Å²) in [6, 6.07) is 8.24. The summed E-state index contributed by atoms with van der Waals surface area (Å²) in [5.74, 6) is 0.375. The number of pyridine rings is 1. The van der Waals surface area contributed by atoms with Crippen LogP contribution in [0, 0.1) is 5.82 Å². The van der Waals surface area contributed by atoms with Crippen LogP contribution in [0.1, 0.15) is 22.8 Å². The molecule has 0 atom stereocenters. The molecule has 0 unspecified atom stereocenters. The third-order valence-corrected chi connectivity index (χ3v) is 5.90. The van der Waals surface area contributed by atoms with Crippen molar-refractivity contribution in [2.24, 2.45) is 5.73 Å². The van der Waals surface area contributed by atoms with E-state index in [1.54, 1.807) is 18.3 Å². The Kier molecular flexibility index (Phi) is 7.00. The highest BCUT2D eigenvalue weighted by atomic mass is 35.5. The molecule has 0 spiro atoms. The monoisotopic (exact) mass is 469 g/mol. The highest BCUT2D eigenvalue weighted by molar-refractivity contribution is 6.30. The van der Waals surface area contributed by atoms with E-state index < -0.39 is 11.7 Å². The molecule has 0 aliphatic carbocycles. The summed E-state index contributed by atoms with van der Waals surface area (Å²) in [6.07, 6.45) is 3.08. The van der Waals surface area contributed by atoms with Crippen LogP contribution >= 0.6 is 11.6 Å². The van der Waals surface area contributed by atoms with Crippen molar-refractivity contribution in [2.75, 3.05) is 42.9 Å². The molecule has 172 valence electrons. The van der Waals surface area contributed by atoms with Crippen LogP contribution in [0.5, 0.6) is 0 Å². The third-order valence-electron chi connectivity index (χ3n) is 5.67. The number of hydrogen-bond donors (Lipinski definition) is 2. The standard InChI is InChI=1S/C23H25ClFN7O/c1-2-31-7-9-32(10-8-31)20-6-4-16(13-27-20)22-29-14-18(21(26)33)23(30-22)28-12-15-3-5-17(24)11-19(15)25/h3-6,11,13-14H,2,7-10,12H2,1H3,(H2,26,33)(H,28,29,30). The molecule has 1 aromatic carbocycles. The molecule has 2 aromatic heterocycles. The van der Waals surface area contributed by atoms with Gasteiger partial charge in [-0.2, -0.15) is 0 Å². The van der Waals surface area contributed by atoms with Gasteiger partial charge < -0.3 is 20.9 Å². The van der Waals surface area contributed by atoms with E-state index in [-0.39, 0.29) is 17.9 Å². The van der Waals surface area contributed by atoms with E-state index in [2.05, 4.69) is 37.0 Å². The van der Waals surface area contributed by atoms with Crippen LogP contribution in [-0.2, 0) is 6.54 Å². The van der Waals surface area contributed by atoms with Gasteiger partial charge in [0.15, 0.2) is 5.82 Å². The maximum Gasteiger partial charge on any atom is 0.254 e. The van der Waals surface area contributed by atoms with Gasteiger partial charge in [-0.15, -0.1) is 0 Å². The second-order valence-electron chi connectivity index (χ2n) is 7.74. The van der Waals surface area contributed by atoms with E-state index in [1.807, 2.05) is 12.1 Å². The number of amides is 1. The smallest absolute Gasteiger partial charge is 0.254 e. The van der Waals surface area contributed by atoms with Gasteiger partial charge >= 0.3 is 0 Å². The second-order valence-corrected chi connectivity index (χ2v) is 8.17. The van der Waals surface area contributed by atoms with Crippen molar-refractivity contribution in [3.63, 3.8) is 0 Å². The van der Waals surface area contributed by atoms with Gasteiger partial charge in [0.05, 0.1) is 5.56 Å². The lowest BCUT2D eigenvalue weighted by molar-refractivity contribution is 0.100. The lowest BCUT2D eigenvalue weighted by Gasteiger charge is -2.34. The Hall–Kier alpha value is -3.30. The number of nitrogens with two attached hydrogens (primary N) is 1. The van der Waals surface area contributed by atoms with Gasteiger partial charge in [-0.25, -0.2) is 19.3 Å². The zero-order chi connectivity index (χ0) is 23.4. The number of rotatable bonds is 7. The fraction of sp³-hybridized carbons (Fsp3) is 0.304. The van der Waals surface area contributed by atoms with Gasteiger partial charge in [0.2, 0.25) is 0 Å². The van der Waals surface area contributed by atoms with Gasteiger partial charge in [-0.05, 0) is 30.8 Å². The molecule has 1 aliphatic heterocycles. The van der Waals surface area contributed by atoms with Crippen LogP contribution in [0.4, 0.5) is 16.0 Å². The molecule has 3 heterocycles. The molecule has 8 nitrogen and oxygen atoms in total. The summed E-state index contributed by atoms with van der Waals surface area (Å²) in [7, 11) is 0. The van der Waals surface area contributed by atoms with Crippen LogP contribution in [0.25, 0.3) is 11.4 Å². The first-order valence-electron chi connectivity index (χ1n) is 10.7. The third kappa shape index (κ3) is 5.37. The molecule has 1 fully saturated rings. The zero-order valence-electron chi connectivity index (χ0n) is 18.3. The molecule has 0 saturated carbocycles. The number of aromatic nitrogens is 3. The Morgan fingerprint density at radius 1 is 1.15 bits per heavy atom. The van der Waals surface area contributed by atoms with Gasteiger partial charge in [-0.3, -0.25) is 4.79 Å². The Balaban J connectivity index is 1.52. The molecule has 4 rings (SSSR count). The fourth-order valence-electron chi connectivity index (χ4n) is 3.68. The van der Waals surface area contributed by atoms with Crippen molar-refractivity contribution < 1.29 is 9.18 Å². The normalized spacial score (nSPS) is 14.3. The molecule has 1 aliphatic rings. The van der Waals surface area contributed by atoms with Gasteiger partial charge in [0.25, 0.3) is 5.91 Å². The average Bonchev–Trinajstić information content (AvgIpc) is 2.83. The lowest BCUT2D eigenvalue weighted by Crippen LogP contribution is -2.46. The van der Waals surface area contributed by atoms with E-state index in [0.717, 1.165) is 38.5 Å². The molecule has 3 N–H and O–H groups in total. The van der Waals surface area contributed by atoms with E-state index in [1.165, 1.54) is 12.3 Å². The number of likely N-dealkylation sites (N-methyl/N-ethyl adjacent to an activating group) is 1. The predicted octanol–water partition coefficient (Wildman–Crippen LogP) is 3.18. The molecule has 1 saturated heterocycles. The van der Waals surface area contributed by atoms with Crippen LogP contribution in [0.2, 0.25) is 5.02 Å². The van der Waals surface area contributed by atoms with Crippen LogP contribution in [0.3, 0.4) is 0 Å². The average molecular weight is 470 g/mol. The van der Waals surface area contributed by atoms with Gasteiger partial charge in [0, 0.05) is 61.3 Å². The molecule has 3 aromatic rings. The number of nitrogens with one attached hydrogen (secondary N) is 1. The summed E-state index contributed by atoms with van der Waals surface area (Å²) in [5, 5.41) is 3.29. The molecular formula is C23H25ClFN7O. The molecule has 33 heavy (non-hydrogen) atoms. The highest BCUT2D eigenvalue weighted by Crippen LogP contribution is 2.23. The maximum atomic E-state index is 14.1. The van der Waals surface area contributed by atoms with Crippen molar-refractivity contribution in [3.05, 3.63) is 64.7 Å². The highest BCUT2D eigenvalue weighted by Gasteiger charge is 2.18. The number of benzene rings is 1. The molecule has 10 heteroatoms. The summed E-state index contributed by atoms with van der Waals surface area (Å²) in [5.41, 5.74) is 6.67. The van der Waals surface area contributed by atoms with Crippen molar-refractivity contribution in [1.82, 2.24) is 19.9 Å². The Morgan fingerprint density at radius 3 is 2.58 bits per heavy atom. The number of piperazine rings is 1. The maximum absolute atomic E-state index is 14.1. The van der Waals surface area contributed by atoms with Crippen molar-refractivity contribution in [1.29, 1.82) is 0 Å². The number of hydrogen-bond acceptors (Lipinski definition) is 7. The molecule has 0 radical (unpaired) electrons. The summed E-state index contributed by atoms with van der Waals surface area (Å²) < 4.78 is 14.1. The minimum atomic E-state index is -0.680. The Morgan fingerprint density at radius 2 is 1.94 bits per heavy atom. The van der Waals surface area contributed by atoms with Crippen molar-refractivity contribution >= 4 is 29.1 Å². The minimum absolute atomic E-state index is 0.0979. The van der Waals surface area contributed by atoms with E-state index in [4.69, 9.17) is 17.3 Å². The van der Waals surface area contributed by atoms with Gasteiger partial charge in [-0.1, -0.05) is 24.6 Å². The second kappa shape index (κ2) is 10.1. The summed E-state index contributed by atoms with van der Waals surface area (Å²) >= 11 is 5.81. The summed E-state index contributed by atoms with van der Waals surface area (Å²) in [6.45, 7) is 7.21. The van der Waals surface area contributed by atoms with Crippen molar-refractivity contribution in [3.8, 4) is 11.4 Å². The number of nitrogens with zero attached hydrogens (tertiary/aromatic N) is 5. The van der Waals surface area contributed by atoms with Gasteiger partial charge in [0.1, 0.15) is 17.5 Å². The SMILES string of the molecule is CCN1CCN(c2ccc(-c3ncc(C(N)=O)c(NCc4ccc(Cl)cc4F)n3)cn2)CC1. The number of halogens is 2. The lowest BCUT2D eigenvalue weighted by atomic mass is 10.2. The van der Waals surface area contributed by atoms with Crippen molar-refractivity contribution in [2.45, 2.75) is 13.5 Å². The first-order chi connectivity index (χ1) is 15.9. The predicted molar refractivity (Wildman–Crippen MR) is 127 cm³/mol. The van der Waals surface area contributed by atoms with Crippen LogP contribution in [0.15, 0.2) is 42.7 Å². The molecule has 0 bridgehead atoms. The fourth-order valence-corrected chi connectivity index (χ4v) is 3.84. The Bertz CT molecular complexity index is 1130. The number of anilines is 2. The number of carbonyl (C=O) groups excluding carboxylic acids is 1. The number of primary amides is 1. The first kappa shape index (κ1) is 22.9. The topological polar surface area (TPSA) is 100 Å². The molecular weight excluding hydrogens is 445 g/mol. The van der Waals surface area contributed by atoms with Crippen LogP contribution in [-0.4, -0.2) is 58.5 Å². The zero-order valence-corrected chi connectivity index (χ0v) is 19.0. The number of carbonyl (C=O) groups is 1. The van der Waals surface area contributed by atoms with E-state index in [9.17, 15) is 9.18 Å². The Labute approximate surface area is 196 Å². The van der Waals surface area contributed by atoms with Crippen LogP contribution < -0.4 is 16.0 Å². The summed E-state index contributed by atoms with van der Waals surface area (Å²) in [4.78, 5) is 29.8. The first-order valence-corrected chi connectivity index (χ1v) is 11.1. The quantitative estimate of drug-likeness (QED) is 0.548.